The van der Waals surface area contributed by atoms with Gasteiger partial charge in [0.15, 0.2) is 0 Å². The Balaban J connectivity index is 1.69. The predicted octanol–water partition coefficient (Wildman–Crippen LogP) is 1.75. The fourth-order valence-electron chi connectivity index (χ4n) is 3.06. The summed E-state index contributed by atoms with van der Waals surface area (Å²) in [7, 11) is -3.62. The van der Waals surface area contributed by atoms with Crippen LogP contribution in [0.5, 0.6) is 0 Å². The van der Waals surface area contributed by atoms with E-state index >= 15 is 0 Å². The number of hydrogen-bond acceptors (Lipinski definition) is 5. The van der Waals surface area contributed by atoms with Gasteiger partial charge in [0.25, 0.3) is 0 Å². The lowest BCUT2D eigenvalue weighted by Crippen LogP contribution is -2.38. The van der Waals surface area contributed by atoms with Crippen LogP contribution in [0.15, 0.2) is 41.3 Å². The number of aromatic nitrogens is 3. The zero-order valence-electron chi connectivity index (χ0n) is 13.3. The summed E-state index contributed by atoms with van der Waals surface area (Å²) in [5.41, 5.74) is 5.63. The topological polar surface area (TPSA) is 94.1 Å². The van der Waals surface area contributed by atoms with Gasteiger partial charge in [-0.05, 0) is 35.0 Å². The van der Waals surface area contributed by atoms with E-state index < -0.39 is 10.0 Å². The Kier molecular flexibility index (Phi) is 3.99. The van der Waals surface area contributed by atoms with Crippen LogP contribution in [-0.2, 0) is 29.7 Å². The minimum absolute atomic E-state index is 0.188. The molecule has 25 heavy (non-hydrogen) atoms. The fourth-order valence-corrected chi connectivity index (χ4v) is 4.66. The first-order valence-corrected chi connectivity index (χ1v) is 9.61. The smallest absolute Gasteiger partial charge is 0.243 e. The van der Waals surface area contributed by atoms with Crippen LogP contribution in [-0.4, -0.2) is 34.0 Å². The van der Waals surface area contributed by atoms with Crippen molar-refractivity contribution in [2.24, 2.45) is 5.73 Å². The van der Waals surface area contributed by atoms with Crippen molar-refractivity contribution in [2.75, 3.05) is 6.54 Å². The van der Waals surface area contributed by atoms with Gasteiger partial charge in [0, 0.05) is 18.1 Å². The van der Waals surface area contributed by atoms with E-state index in [2.05, 4.69) is 10.2 Å². The van der Waals surface area contributed by atoms with E-state index in [-0.39, 0.29) is 18.0 Å². The molecular weight excluding hydrogens is 362 g/mol. The summed E-state index contributed by atoms with van der Waals surface area (Å²) in [6.45, 7) is 1.33. The normalized spacial score (nSPS) is 15.4. The Bertz CT molecular complexity index is 1060. The predicted molar refractivity (Wildman–Crippen MR) is 94.5 cm³/mol. The molecule has 7 nitrogen and oxygen atoms in total. The minimum atomic E-state index is -3.62. The van der Waals surface area contributed by atoms with Gasteiger partial charge in [0.05, 0.1) is 18.0 Å². The highest BCUT2D eigenvalue weighted by molar-refractivity contribution is 7.89. The maximum Gasteiger partial charge on any atom is 0.243 e. The fraction of sp³-hybridized carbons (Fsp3) is 0.250. The van der Waals surface area contributed by atoms with Gasteiger partial charge in [-0.1, -0.05) is 23.7 Å². The van der Waals surface area contributed by atoms with Gasteiger partial charge in [-0.15, -0.1) is 10.2 Å². The molecule has 2 heterocycles. The molecule has 0 fully saturated rings. The summed E-state index contributed by atoms with van der Waals surface area (Å²) in [6, 6.07) is 10.4. The molecule has 1 aliphatic heterocycles. The van der Waals surface area contributed by atoms with Crippen LogP contribution in [0.1, 0.15) is 11.6 Å². The van der Waals surface area contributed by atoms with Crippen molar-refractivity contribution in [3.05, 3.63) is 53.1 Å². The van der Waals surface area contributed by atoms with E-state index in [9.17, 15) is 8.42 Å². The number of rotatable bonds is 3. The van der Waals surface area contributed by atoms with Crippen molar-refractivity contribution in [1.29, 1.82) is 0 Å². The van der Waals surface area contributed by atoms with Crippen molar-refractivity contribution >= 4 is 32.4 Å². The highest BCUT2D eigenvalue weighted by Crippen LogP contribution is 2.26. The molecule has 0 saturated heterocycles. The number of hydrogen-bond donors (Lipinski definition) is 1. The molecule has 2 aromatic carbocycles. The molecule has 0 amide bonds. The van der Waals surface area contributed by atoms with Crippen LogP contribution in [0.25, 0.3) is 10.8 Å². The standard InChI is InChI=1S/C16H16ClN5O2S/c17-13-3-1-12-8-14(4-2-11(12)7-13)25(23,24)21-5-6-22-15(9-18)19-20-16(22)10-21/h1-4,7-8H,5-6,9-10,18H2. The van der Waals surface area contributed by atoms with Crippen molar-refractivity contribution in [1.82, 2.24) is 19.1 Å². The Labute approximate surface area is 150 Å². The van der Waals surface area contributed by atoms with E-state index in [0.717, 1.165) is 10.8 Å². The van der Waals surface area contributed by atoms with Crippen LogP contribution in [0.3, 0.4) is 0 Å². The summed E-state index contributed by atoms with van der Waals surface area (Å²) in [5.74, 6) is 1.29. The summed E-state index contributed by atoms with van der Waals surface area (Å²) < 4.78 is 29.3. The molecule has 3 aromatic rings. The van der Waals surface area contributed by atoms with Crippen LogP contribution in [0.2, 0.25) is 5.02 Å². The van der Waals surface area contributed by atoms with Crippen LogP contribution < -0.4 is 5.73 Å². The Hall–Kier alpha value is -2.00. The zero-order chi connectivity index (χ0) is 17.6. The second-order valence-electron chi connectivity index (χ2n) is 5.88. The molecule has 0 bridgehead atoms. The Morgan fingerprint density at radius 2 is 1.84 bits per heavy atom. The highest BCUT2D eigenvalue weighted by Gasteiger charge is 2.30. The van der Waals surface area contributed by atoms with Crippen LogP contribution in [0.4, 0.5) is 0 Å². The van der Waals surface area contributed by atoms with Gasteiger partial charge in [-0.25, -0.2) is 8.42 Å². The molecule has 130 valence electrons. The number of nitrogens with zero attached hydrogens (tertiary/aromatic N) is 4. The summed E-state index contributed by atoms with van der Waals surface area (Å²) in [5, 5.41) is 10.4. The quantitative estimate of drug-likeness (QED) is 0.750. The molecular formula is C16H16ClN5O2S. The Morgan fingerprint density at radius 3 is 2.64 bits per heavy atom. The lowest BCUT2D eigenvalue weighted by atomic mass is 10.1. The molecule has 1 aromatic heterocycles. The van der Waals surface area contributed by atoms with E-state index in [4.69, 9.17) is 17.3 Å². The molecule has 0 aliphatic carbocycles. The maximum atomic E-state index is 13.0. The number of sulfonamides is 1. The largest absolute Gasteiger partial charge is 0.324 e. The minimum Gasteiger partial charge on any atom is -0.324 e. The summed E-state index contributed by atoms with van der Waals surface area (Å²) in [4.78, 5) is 0.259. The van der Waals surface area contributed by atoms with Crippen LogP contribution >= 0.6 is 11.6 Å². The lowest BCUT2D eigenvalue weighted by Gasteiger charge is -2.27. The van der Waals surface area contributed by atoms with Crippen molar-refractivity contribution in [3.8, 4) is 0 Å². The molecule has 4 rings (SSSR count). The molecule has 0 atom stereocenters. The van der Waals surface area contributed by atoms with Gasteiger partial charge in [0.1, 0.15) is 11.6 Å². The van der Waals surface area contributed by atoms with E-state index in [0.29, 0.717) is 29.8 Å². The average molecular weight is 378 g/mol. The van der Waals surface area contributed by atoms with Gasteiger partial charge in [0.2, 0.25) is 10.0 Å². The summed E-state index contributed by atoms with van der Waals surface area (Å²) >= 11 is 5.98. The zero-order valence-corrected chi connectivity index (χ0v) is 14.8. The number of benzene rings is 2. The van der Waals surface area contributed by atoms with Gasteiger partial charge < -0.3 is 10.3 Å². The highest BCUT2D eigenvalue weighted by atomic mass is 35.5. The first-order chi connectivity index (χ1) is 12.0. The first kappa shape index (κ1) is 16.5. The van der Waals surface area contributed by atoms with E-state index in [1.54, 1.807) is 24.3 Å². The average Bonchev–Trinajstić information content (AvgIpc) is 3.03. The second kappa shape index (κ2) is 6.06. The third kappa shape index (κ3) is 2.81. The Morgan fingerprint density at radius 1 is 1.08 bits per heavy atom. The second-order valence-corrected chi connectivity index (χ2v) is 8.25. The maximum absolute atomic E-state index is 13.0. The molecule has 0 unspecified atom stereocenters. The third-order valence-corrected chi connectivity index (χ3v) is 6.47. The summed E-state index contributed by atoms with van der Waals surface area (Å²) in [6.07, 6.45) is 0. The molecule has 1 aliphatic rings. The number of fused-ring (bicyclic) bond motifs is 2. The molecule has 0 radical (unpaired) electrons. The van der Waals surface area contributed by atoms with E-state index in [1.165, 1.54) is 4.31 Å². The third-order valence-electron chi connectivity index (χ3n) is 4.39. The van der Waals surface area contributed by atoms with Gasteiger partial charge >= 0.3 is 0 Å². The van der Waals surface area contributed by atoms with E-state index in [1.807, 2.05) is 16.7 Å². The molecule has 9 heteroatoms. The number of nitrogens with two attached hydrogens (primary N) is 1. The lowest BCUT2D eigenvalue weighted by molar-refractivity contribution is 0.332. The van der Waals surface area contributed by atoms with Gasteiger partial charge in [-0.2, -0.15) is 4.31 Å². The molecule has 0 saturated carbocycles. The molecule has 2 N–H and O–H groups in total. The molecule has 0 spiro atoms. The van der Waals surface area contributed by atoms with Gasteiger partial charge in [-0.3, -0.25) is 0 Å². The van der Waals surface area contributed by atoms with Crippen molar-refractivity contribution < 1.29 is 8.42 Å². The SMILES string of the molecule is NCc1nnc2n1CCN(S(=O)(=O)c1ccc3cc(Cl)ccc3c1)C2. The number of halogens is 1. The monoisotopic (exact) mass is 377 g/mol. The van der Waals surface area contributed by atoms with Crippen molar-refractivity contribution in [3.63, 3.8) is 0 Å². The van der Waals surface area contributed by atoms with Crippen LogP contribution in [0, 0.1) is 0 Å². The first-order valence-electron chi connectivity index (χ1n) is 7.79. The van der Waals surface area contributed by atoms with Crippen molar-refractivity contribution in [2.45, 2.75) is 24.5 Å².